The minimum Gasteiger partial charge on any atom is -0.484 e. The summed E-state index contributed by atoms with van der Waals surface area (Å²) < 4.78 is 38.2. The highest BCUT2D eigenvalue weighted by Crippen LogP contribution is 2.37. The fraction of sp³-hybridized carbons (Fsp3) is 0.417. The number of rotatable bonds is 6. The average molecular weight is 474 g/mol. The molecule has 2 atom stereocenters. The summed E-state index contributed by atoms with van der Waals surface area (Å²) in [6.45, 7) is 2.55. The predicted molar refractivity (Wildman–Crippen MR) is 123 cm³/mol. The fourth-order valence-electron chi connectivity index (χ4n) is 4.04. The third-order valence-electron chi connectivity index (χ3n) is 5.73. The van der Waals surface area contributed by atoms with Gasteiger partial charge in [0.2, 0.25) is 0 Å². The van der Waals surface area contributed by atoms with Gasteiger partial charge in [0.05, 0.1) is 29.4 Å². The highest BCUT2D eigenvalue weighted by atomic mass is 35.5. The van der Waals surface area contributed by atoms with E-state index < -0.39 is 5.82 Å². The van der Waals surface area contributed by atoms with Crippen LogP contribution in [0.3, 0.4) is 0 Å². The SMILES string of the molecule is Fc1c(Cl)cccc1Nc1ncnc2cc(OC3CCCOC3)c(OC3CCCOC3)cc12. The summed E-state index contributed by atoms with van der Waals surface area (Å²) >= 11 is 5.94. The van der Waals surface area contributed by atoms with Gasteiger partial charge in [-0.1, -0.05) is 17.7 Å². The maximum absolute atomic E-state index is 14.5. The summed E-state index contributed by atoms with van der Waals surface area (Å²) in [7, 11) is 0. The Morgan fingerprint density at radius 2 is 1.67 bits per heavy atom. The smallest absolute Gasteiger partial charge is 0.165 e. The van der Waals surface area contributed by atoms with Crippen molar-refractivity contribution in [3.63, 3.8) is 0 Å². The molecule has 2 fully saturated rings. The number of benzene rings is 2. The Bertz CT molecular complexity index is 1120. The molecule has 7 nitrogen and oxygen atoms in total. The molecule has 0 radical (unpaired) electrons. The van der Waals surface area contributed by atoms with Crippen molar-refractivity contribution in [1.82, 2.24) is 9.97 Å². The maximum atomic E-state index is 14.5. The highest BCUT2D eigenvalue weighted by molar-refractivity contribution is 6.31. The molecule has 2 unspecified atom stereocenters. The Kier molecular flexibility index (Phi) is 6.75. The van der Waals surface area contributed by atoms with E-state index in [-0.39, 0.29) is 22.9 Å². The van der Waals surface area contributed by atoms with Gasteiger partial charge in [-0.3, -0.25) is 0 Å². The van der Waals surface area contributed by atoms with Crippen LogP contribution in [0.15, 0.2) is 36.7 Å². The molecular formula is C24H25ClFN3O4. The van der Waals surface area contributed by atoms with Crippen LogP contribution < -0.4 is 14.8 Å². The van der Waals surface area contributed by atoms with Crippen LogP contribution in [0.4, 0.5) is 15.9 Å². The average Bonchev–Trinajstić information content (AvgIpc) is 2.84. The number of fused-ring (bicyclic) bond motifs is 1. The van der Waals surface area contributed by atoms with Crippen LogP contribution in [-0.4, -0.2) is 48.6 Å². The van der Waals surface area contributed by atoms with Crippen LogP contribution in [0.2, 0.25) is 5.02 Å². The van der Waals surface area contributed by atoms with Crippen molar-refractivity contribution in [2.75, 3.05) is 31.7 Å². The number of nitrogens with zero attached hydrogens (tertiary/aromatic N) is 2. The van der Waals surface area contributed by atoms with Crippen LogP contribution in [-0.2, 0) is 9.47 Å². The molecule has 0 saturated carbocycles. The molecule has 1 aromatic heterocycles. The third-order valence-corrected chi connectivity index (χ3v) is 6.02. The molecule has 2 aromatic carbocycles. The van der Waals surface area contributed by atoms with Gasteiger partial charge in [-0.2, -0.15) is 0 Å². The Hall–Kier alpha value is -2.68. The monoisotopic (exact) mass is 473 g/mol. The molecule has 0 aliphatic carbocycles. The van der Waals surface area contributed by atoms with Crippen LogP contribution >= 0.6 is 11.6 Å². The van der Waals surface area contributed by atoms with Gasteiger partial charge in [0, 0.05) is 24.7 Å². The largest absolute Gasteiger partial charge is 0.484 e. The van der Waals surface area contributed by atoms with Gasteiger partial charge in [-0.05, 0) is 43.9 Å². The number of ether oxygens (including phenoxy) is 4. The standard InChI is InChI=1S/C24H25ClFN3O4/c25-18-6-1-7-19(23(18)26)29-24-17-10-21(32-15-4-2-8-30-12-15)22(11-20(17)27-14-28-24)33-16-5-3-9-31-13-16/h1,6-7,10-11,14-16H,2-5,8-9,12-13H2,(H,27,28,29). The zero-order valence-electron chi connectivity index (χ0n) is 18.1. The summed E-state index contributed by atoms with van der Waals surface area (Å²) in [6, 6.07) is 8.45. The Labute approximate surface area is 196 Å². The number of hydrogen-bond donors (Lipinski definition) is 1. The minimum atomic E-state index is -0.543. The van der Waals surface area contributed by atoms with Crippen LogP contribution in [0.5, 0.6) is 11.5 Å². The number of hydrogen-bond acceptors (Lipinski definition) is 7. The minimum absolute atomic E-state index is 0.0325. The van der Waals surface area contributed by atoms with Gasteiger partial charge in [0.1, 0.15) is 24.4 Å². The molecule has 2 aliphatic rings. The van der Waals surface area contributed by atoms with E-state index in [1.807, 2.05) is 12.1 Å². The molecule has 2 saturated heterocycles. The van der Waals surface area contributed by atoms with E-state index in [4.69, 9.17) is 30.5 Å². The first-order valence-corrected chi connectivity index (χ1v) is 11.5. The molecule has 0 amide bonds. The number of aromatic nitrogens is 2. The Morgan fingerprint density at radius 1 is 0.970 bits per heavy atom. The van der Waals surface area contributed by atoms with Gasteiger partial charge >= 0.3 is 0 Å². The summed E-state index contributed by atoms with van der Waals surface area (Å²) in [5.74, 6) is 1.08. The molecule has 3 aromatic rings. The molecule has 5 rings (SSSR count). The fourth-order valence-corrected chi connectivity index (χ4v) is 4.22. The molecule has 0 bridgehead atoms. The molecule has 33 heavy (non-hydrogen) atoms. The van der Waals surface area contributed by atoms with Crippen molar-refractivity contribution in [3.05, 3.63) is 47.5 Å². The maximum Gasteiger partial charge on any atom is 0.165 e. The lowest BCUT2D eigenvalue weighted by Gasteiger charge is -2.27. The van der Waals surface area contributed by atoms with Crippen LogP contribution in [0, 0.1) is 5.82 Å². The zero-order valence-corrected chi connectivity index (χ0v) is 18.8. The van der Waals surface area contributed by atoms with E-state index in [1.165, 1.54) is 12.4 Å². The second-order valence-electron chi connectivity index (χ2n) is 8.18. The quantitative estimate of drug-likeness (QED) is 0.522. The Balaban J connectivity index is 1.51. The van der Waals surface area contributed by atoms with Crippen molar-refractivity contribution in [2.24, 2.45) is 0 Å². The van der Waals surface area contributed by atoms with Gasteiger partial charge in [-0.15, -0.1) is 0 Å². The van der Waals surface area contributed by atoms with E-state index in [2.05, 4.69) is 15.3 Å². The first-order chi connectivity index (χ1) is 16.2. The topological polar surface area (TPSA) is 74.7 Å². The first-order valence-electron chi connectivity index (χ1n) is 11.2. The van der Waals surface area contributed by atoms with E-state index in [0.717, 1.165) is 38.9 Å². The van der Waals surface area contributed by atoms with Gasteiger partial charge in [-0.25, -0.2) is 14.4 Å². The summed E-state index contributed by atoms with van der Waals surface area (Å²) in [5.41, 5.74) is 0.874. The summed E-state index contributed by atoms with van der Waals surface area (Å²) in [5, 5.41) is 3.75. The van der Waals surface area contributed by atoms with Crippen LogP contribution in [0.25, 0.3) is 10.9 Å². The van der Waals surface area contributed by atoms with Crippen molar-refractivity contribution in [2.45, 2.75) is 37.9 Å². The van der Waals surface area contributed by atoms with Crippen molar-refractivity contribution < 1.29 is 23.3 Å². The Morgan fingerprint density at radius 3 is 2.33 bits per heavy atom. The molecule has 3 heterocycles. The number of anilines is 2. The number of halogens is 2. The predicted octanol–water partition coefficient (Wildman–Crippen LogP) is 5.28. The third kappa shape index (κ3) is 5.13. The van der Waals surface area contributed by atoms with Gasteiger partial charge < -0.3 is 24.3 Å². The van der Waals surface area contributed by atoms with E-state index >= 15 is 0 Å². The lowest BCUT2D eigenvalue weighted by molar-refractivity contribution is -0.00422. The van der Waals surface area contributed by atoms with Crippen molar-refractivity contribution >= 4 is 34.0 Å². The van der Waals surface area contributed by atoms with Gasteiger partial charge in [0.15, 0.2) is 17.3 Å². The van der Waals surface area contributed by atoms with E-state index in [0.29, 0.717) is 41.4 Å². The molecule has 0 spiro atoms. The second-order valence-corrected chi connectivity index (χ2v) is 8.59. The molecule has 174 valence electrons. The summed E-state index contributed by atoms with van der Waals surface area (Å²) in [4.78, 5) is 8.74. The highest BCUT2D eigenvalue weighted by Gasteiger charge is 2.23. The van der Waals surface area contributed by atoms with E-state index in [9.17, 15) is 4.39 Å². The molecule has 9 heteroatoms. The second kappa shape index (κ2) is 10.1. The molecule has 1 N–H and O–H groups in total. The summed E-state index contributed by atoms with van der Waals surface area (Å²) in [6.07, 6.45) is 4.99. The normalized spacial score (nSPS) is 21.0. The van der Waals surface area contributed by atoms with Crippen molar-refractivity contribution in [1.29, 1.82) is 0 Å². The molecule has 2 aliphatic heterocycles. The van der Waals surface area contributed by atoms with Crippen molar-refractivity contribution in [3.8, 4) is 11.5 Å². The first kappa shape index (κ1) is 22.1. The van der Waals surface area contributed by atoms with E-state index in [1.54, 1.807) is 12.1 Å². The zero-order chi connectivity index (χ0) is 22.6. The molecular weight excluding hydrogens is 449 g/mol. The van der Waals surface area contributed by atoms with Gasteiger partial charge in [0.25, 0.3) is 0 Å². The lowest BCUT2D eigenvalue weighted by atomic mass is 10.1. The number of nitrogens with one attached hydrogen (secondary N) is 1. The lowest BCUT2D eigenvalue weighted by Crippen LogP contribution is -2.30. The van der Waals surface area contributed by atoms with Crippen LogP contribution in [0.1, 0.15) is 25.7 Å².